The number of rotatable bonds is 3. The van der Waals surface area contributed by atoms with Gasteiger partial charge >= 0.3 is 5.97 Å². The van der Waals surface area contributed by atoms with Crippen molar-refractivity contribution in [3.63, 3.8) is 0 Å². The summed E-state index contributed by atoms with van der Waals surface area (Å²) in [7, 11) is 1.61. The molecule has 0 radical (unpaired) electrons. The Kier molecular flexibility index (Phi) is 4.61. The van der Waals surface area contributed by atoms with E-state index in [-0.39, 0.29) is 11.8 Å². The average molecular weight is 366 g/mol. The molecule has 0 saturated heterocycles. The van der Waals surface area contributed by atoms with Crippen LogP contribution in [0.2, 0.25) is 10.0 Å². The zero-order valence-corrected chi connectivity index (χ0v) is 14.7. The van der Waals surface area contributed by atoms with Crippen LogP contribution in [-0.2, 0) is 4.79 Å². The zero-order valence-electron chi connectivity index (χ0n) is 13.2. The second-order valence-corrected chi connectivity index (χ2v) is 6.76. The summed E-state index contributed by atoms with van der Waals surface area (Å²) in [6.45, 7) is 1.91. The molecule has 2 aromatic rings. The Morgan fingerprint density at radius 3 is 2.46 bits per heavy atom. The van der Waals surface area contributed by atoms with E-state index in [2.05, 4.69) is 5.32 Å². The van der Waals surface area contributed by atoms with Crippen LogP contribution in [0.25, 0.3) is 0 Å². The highest BCUT2D eigenvalue weighted by Gasteiger charge is 2.39. The molecule has 0 saturated carbocycles. The number of carbonyl (C=O) groups is 1. The summed E-state index contributed by atoms with van der Waals surface area (Å²) in [5, 5.41) is 13.6. The predicted octanol–water partition coefficient (Wildman–Crippen LogP) is 4.65. The minimum atomic E-state index is -0.900. The van der Waals surface area contributed by atoms with Gasteiger partial charge in [0.25, 0.3) is 0 Å². The van der Waals surface area contributed by atoms with Crippen LogP contribution in [0.5, 0.6) is 5.75 Å². The Morgan fingerprint density at radius 1 is 1.21 bits per heavy atom. The summed E-state index contributed by atoms with van der Waals surface area (Å²) in [4.78, 5) is 11.7. The van der Waals surface area contributed by atoms with E-state index in [1.807, 2.05) is 31.2 Å². The van der Waals surface area contributed by atoms with E-state index in [0.717, 1.165) is 16.9 Å². The first kappa shape index (κ1) is 16.9. The van der Waals surface area contributed by atoms with Crippen LogP contribution in [0, 0.1) is 5.92 Å². The van der Waals surface area contributed by atoms with Crippen LogP contribution in [0.15, 0.2) is 36.4 Å². The maximum Gasteiger partial charge on any atom is 0.326 e. The lowest BCUT2D eigenvalue weighted by Crippen LogP contribution is -2.42. The third-order valence-corrected chi connectivity index (χ3v) is 5.04. The number of fused-ring (bicyclic) bond motifs is 1. The van der Waals surface area contributed by atoms with Gasteiger partial charge in [-0.05, 0) is 35.7 Å². The number of hydrogen-bond acceptors (Lipinski definition) is 3. The minimum absolute atomic E-state index is 0.155. The summed E-state index contributed by atoms with van der Waals surface area (Å²) < 4.78 is 5.20. The molecule has 4 nitrogen and oxygen atoms in total. The van der Waals surface area contributed by atoms with Gasteiger partial charge in [-0.3, -0.25) is 0 Å². The summed E-state index contributed by atoms with van der Waals surface area (Å²) in [6.07, 6.45) is 0. The molecule has 2 aromatic carbocycles. The largest absolute Gasteiger partial charge is 0.497 e. The Labute approximate surface area is 150 Å². The summed E-state index contributed by atoms with van der Waals surface area (Å²) in [6, 6.07) is 10.3. The van der Waals surface area contributed by atoms with Crippen LogP contribution in [-0.4, -0.2) is 24.2 Å². The van der Waals surface area contributed by atoms with Gasteiger partial charge in [-0.15, -0.1) is 0 Å². The van der Waals surface area contributed by atoms with Crippen molar-refractivity contribution < 1.29 is 14.6 Å². The standard InChI is InChI=1S/C18H17Cl2NO3/c1-9-15(10-3-5-12(24-2)6-4-10)16-13(20)7-11(19)8-14(16)21-17(9)18(22)23/h3-9,15,17,21H,1-2H3,(H,22,23). The molecule has 126 valence electrons. The molecule has 3 atom stereocenters. The van der Waals surface area contributed by atoms with E-state index in [1.54, 1.807) is 19.2 Å². The SMILES string of the molecule is COc1ccc(C2c3c(Cl)cc(Cl)cc3NC(C(=O)O)C2C)cc1. The number of anilines is 1. The molecular formula is C18H17Cl2NO3. The highest BCUT2D eigenvalue weighted by Crippen LogP contribution is 2.47. The van der Waals surface area contributed by atoms with E-state index < -0.39 is 12.0 Å². The summed E-state index contributed by atoms with van der Waals surface area (Å²) >= 11 is 12.5. The molecule has 6 heteroatoms. The van der Waals surface area contributed by atoms with Crippen LogP contribution in [0.1, 0.15) is 24.0 Å². The topological polar surface area (TPSA) is 58.6 Å². The van der Waals surface area contributed by atoms with Gasteiger partial charge in [-0.2, -0.15) is 0 Å². The zero-order chi connectivity index (χ0) is 17.4. The summed E-state index contributed by atoms with van der Waals surface area (Å²) in [5.41, 5.74) is 2.52. The number of carboxylic acids is 1. The number of carboxylic acid groups (broad SMARTS) is 1. The van der Waals surface area contributed by atoms with Crippen molar-refractivity contribution in [1.82, 2.24) is 0 Å². The normalized spacial score (nSPS) is 22.4. The van der Waals surface area contributed by atoms with Crippen molar-refractivity contribution in [2.75, 3.05) is 12.4 Å². The third kappa shape index (κ3) is 2.92. The average Bonchev–Trinajstić information content (AvgIpc) is 2.54. The highest BCUT2D eigenvalue weighted by molar-refractivity contribution is 6.35. The first-order chi connectivity index (χ1) is 11.4. The first-order valence-electron chi connectivity index (χ1n) is 7.54. The fourth-order valence-electron chi connectivity index (χ4n) is 3.34. The molecular weight excluding hydrogens is 349 g/mol. The molecule has 0 amide bonds. The van der Waals surface area contributed by atoms with Crippen molar-refractivity contribution in [2.45, 2.75) is 18.9 Å². The molecule has 0 aliphatic carbocycles. The minimum Gasteiger partial charge on any atom is -0.497 e. The highest BCUT2D eigenvalue weighted by atomic mass is 35.5. The number of hydrogen-bond donors (Lipinski definition) is 2. The quantitative estimate of drug-likeness (QED) is 0.830. The monoisotopic (exact) mass is 365 g/mol. The Bertz CT molecular complexity index is 777. The third-order valence-electron chi connectivity index (χ3n) is 4.51. The van der Waals surface area contributed by atoms with Gasteiger partial charge in [0.15, 0.2) is 0 Å². The van der Waals surface area contributed by atoms with Gasteiger partial charge in [-0.25, -0.2) is 4.79 Å². The Balaban J connectivity index is 2.16. The second-order valence-electron chi connectivity index (χ2n) is 5.92. The number of ether oxygens (including phenoxy) is 1. The number of methoxy groups -OCH3 is 1. The van der Waals surface area contributed by atoms with Gasteiger partial charge in [-0.1, -0.05) is 42.3 Å². The fraction of sp³-hybridized carbons (Fsp3) is 0.278. The van der Waals surface area contributed by atoms with Gasteiger partial charge in [0.05, 0.1) is 7.11 Å². The molecule has 0 spiro atoms. The van der Waals surface area contributed by atoms with Crippen molar-refractivity contribution in [3.05, 3.63) is 57.6 Å². The molecule has 3 rings (SSSR count). The van der Waals surface area contributed by atoms with Crippen LogP contribution in [0.4, 0.5) is 5.69 Å². The van der Waals surface area contributed by atoms with Gasteiger partial charge < -0.3 is 15.2 Å². The van der Waals surface area contributed by atoms with Crippen molar-refractivity contribution in [3.8, 4) is 5.75 Å². The first-order valence-corrected chi connectivity index (χ1v) is 8.30. The van der Waals surface area contributed by atoms with E-state index in [4.69, 9.17) is 27.9 Å². The lowest BCUT2D eigenvalue weighted by atomic mass is 9.74. The lowest BCUT2D eigenvalue weighted by molar-refractivity contribution is -0.139. The maximum atomic E-state index is 11.7. The maximum absolute atomic E-state index is 11.7. The molecule has 3 unspecified atom stereocenters. The Hall–Kier alpha value is -1.91. The Morgan fingerprint density at radius 2 is 1.88 bits per heavy atom. The van der Waals surface area contributed by atoms with Crippen LogP contribution in [0.3, 0.4) is 0 Å². The fourth-order valence-corrected chi connectivity index (χ4v) is 3.95. The van der Waals surface area contributed by atoms with E-state index in [9.17, 15) is 9.90 Å². The van der Waals surface area contributed by atoms with Gasteiger partial charge in [0.2, 0.25) is 0 Å². The molecule has 1 aliphatic rings. The number of nitrogens with one attached hydrogen (secondary N) is 1. The predicted molar refractivity (Wildman–Crippen MR) is 95.5 cm³/mol. The molecule has 0 aromatic heterocycles. The lowest BCUT2D eigenvalue weighted by Gasteiger charge is -2.38. The molecule has 0 fully saturated rings. The molecule has 1 heterocycles. The number of benzene rings is 2. The van der Waals surface area contributed by atoms with Crippen molar-refractivity contribution in [1.29, 1.82) is 0 Å². The van der Waals surface area contributed by atoms with E-state index >= 15 is 0 Å². The molecule has 1 aliphatic heterocycles. The number of aliphatic carboxylic acids is 1. The van der Waals surface area contributed by atoms with Crippen LogP contribution < -0.4 is 10.1 Å². The van der Waals surface area contributed by atoms with Crippen molar-refractivity contribution >= 4 is 34.9 Å². The van der Waals surface area contributed by atoms with Crippen molar-refractivity contribution in [2.24, 2.45) is 5.92 Å². The van der Waals surface area contributed by atoms with E-state index in [0.29, 0.717) is 15.7 Å². The molecule has 2 N–H and O–H groups in total. The van der Waals surface area contributed by atoms with Gasteiger partial charge in [0, 0.05) is 27.2 Å². The molecule has 0 bridgehead atoms. The van der Waals surface area contributed by atoms with E-state index in [1.165, 1.54) is 0 Å². The smallest absolute Gasteiger partial charge is 0.326 e. The molecule has 24 heavy (non-hydrogen) atoms. The second kappa shape index (κ2) is 6.54. The van der Waals surface area contributed by atoms with Crippen LogP contribution >= 0.6 is 23.2 Å². The number of halogens is 2. The summed E-state index contributed by atoms with van der Waals surface area (Å²) in [5.74, 6) is -0.500. The van der Waals surface area contributed by atoms with Gasteiger partial charge in [0.1, 0.15) is 11.8 Å².